The van der Waals surface area contributed by atoms with Gasteiger partial charge in [0.05, 0.1) is 45.4 Å². The van der Waals surface area contributed by atoms with Crippen molar-refractivity contribution in [2.45, 2.75) is 81.5 Å². The van der Waals surface area contributed by atoms with Crippen molar-refractivity contribution < 1.29 is 68.7 Å². The van der Waals surface area contributed by atoms with Crippen LogP contribution in [0.5, 0.6) is 0 Å². The molecule has 9 heterocycles. The molecule has 0 amide bonds. The summed E-state index contributed by atoms with van der Waals surface area (Å²) in [4.78, 5) is 48.4. The second-order valence-electron chi connectivity index (χ2n) is 15.8. The van der Waals surface area contributed by atoms with Gasteiger partial charge in [-0.15, -0.1) is 0 Å². The molecule has 392 valence electrons. The Morgan fingerprint density at radius 3 is 1.40 bits per heavy atom. The third-order valence-corrected chi connectivity index (χ3v) is 18.0. The van der Waals surface area contributed by atoms with E-state index in [9.17, 15) is 23.1 Å². The number of anilines is 3. The number of hydrogen-bond acceptors (Lipinski definition) is 27. The zero-order chi connectivity index (χ0) is 51.3. The Morgan fingerprint density at radius 2 is 0.986 bits per heavy atom. The highest BCUT2D eigenvalue weighted by Crippen LogP contribution is 2.61. The minimum absolute atomic E-state index is 0.0106. The molecular weight excluding hydrogens is 1110 g/mol. The summed E-state index contributed by atoms with van der Waals surface area (Å²) in [6.45, 7) is -16.6. The van der Waals surface area contributed by atoms with Crippen LogP contribution in [0.3, 0.4) is 0 Å². The van der Waals surface area contributed by atoms with E-state index >= 15 is 0 Å². The molecule has 0 saturated carbocycles. The fourth-order valence-electron chi connectivity index (χ4n) is 8.04. The van der Waals surface area contributed by atoms with E-state index in [2.05, 4.69) is 93.9 Å². The van der Waals surface area contributed by atoms with Gasteiger partial charge in [-0.25, -0.2) is 53.1 Å². The third kappa shape index (κ3) is 11.9. The quantitative estimate of drug-likeness (QED) is 0.0364. The summed E-state index contributed by atoms with van der Waals surface area (Å²) in [5.41, 5.74) is 18.4. The van der Waals surface area contributed by atoms with Crippen molar-refractivity contribution in [2.75, 3.05) is 50.7 Å². The predicted molar refractivity (Wildman–Crippen MR) is 265 cm³/mol. The van der Waals surface area contributed by atoms with Crippen molar-refractivity contribution in [3.8, 4) is 0 Å². The molecule has 3 saturated heterocycles. The molecule has 0 radical (unpaired) electrons. The molecule has 0 spiro atoms. The van der Waals surface area contributed by atoms with E-state index in [1.165, 1.54) is 36.2 Å². The second-order valence-corrected chi connectivity index (χ2v) is 27.5. The molecular formula is C33H45N15O16P4S4. The number of H-pyrrole nitrogens is 1. The number of aromatic amines is 1. The van der Waals surface area contributed by atoms with E-state index < -0.39 is 108 Å². The monoisotopic (exact) mass is 1160 g/mol. The number of thiol groups is 4. The Balaban J connectivity index is 0.928. The lowest BCUT2D eigenvalue weighted by atomic mass is 10.2. The lowest BCUT2D eigenvalue weighted by Crippen LogP contribution is -2.30. The minimum atomic E-state index is -4.47. The molecule has 6 aromatic rings. The normalized spacial score (nSPS) is 28.1. The Morgan fingerprint density at radius 1 is 0.597 bits per heavy atom. The van der Waals surface area contributed by atoms with Crippen LogP contribution in [0, 0.1) is 0 Å². The van der Waals surface area contributed by atoms with Gasteiger partial charge in [-0.1, -0.05) is 49.0 Å². The lowest BCUT2D eigenvalue weighted by Gasteiger charge is -2.26. The summed E-state index contributed by atoms with van der Waals surface area (Å²) in [5.74, 6) is 0.0280. The van der Waals surface area contributed by atoms with Crippen molar-refractivity contribution in [1.29, 1.82) is 0 Å². The van der Waals surface area contributed by atoms with E-state index in [4.69, 9.17) is 67.6 Å². The molecule has 3 fully saturated rings. The Labute approximate surface area is 426 Å². The number of rotatable bonds is 21. The Bertz CT molecular complexity index is 3230. The highest BCUT2D eigenvalue weighted by atomic mass is 32.7. The van der Waals surface area contributed by atoms with Crippen molar-refractivity contribution in [3.05, 3.63) is 42.0 Å². The minimum Gasteiger partial charge on any atom is -0.382 e. The number of fused-ring (bicyclic) bond motifs is 3. The molecule has 0 aliphatic carbocycles. The zero-order valence-electron chi connectivity index (χ0n) is 37.3. The third-order valence-electron chi connectivity index (χ3n) is 11.2. The number of ether oxygens (including phenoxy) is 3. The number of nitrogens with zero attached hydrogens (tertiary/aromatic N) is 11. The van der Waals surface area contributed by atoms with E-state index in [-0.39, 0.29) is 54.6 Å². The molecule has 0 aromatic carbocycles. The molecule has 3 aliphatic heterocycles. The molecule has 13 atom stereocenters. The van der Waals surface area contributed by atoms with Gasteiger partial charge in [-0.05, 0) is 6.92 Å². The first kappa shape index (κ1) is 53.6. The maximum atomic E-state index is 14.3. The molecule has 31 nitrogen and oxygen atoms in total. The SMILES string of the molecule is CCOP(=O)(S)OC1C[C@H](n2cnc3c(N)ncnc32)O[C@@H]1COP(=O)(S)OC1C[C@H](n2cnc3c(=O)[nH]c(N)nc32)O[C@@H]1COP(=O)(S)OC1C[C@H](n2cnc3c(N)ncnc32)O[C@@H]1COP(=O)(S)OC. The summed E-state index contributed by atoms with van der Waals surface area (Å²) in [6.07, 6.45) is -3.08. The molecule has 7 unspecified atom stereocenters. The average molecular weight is 1160 g/mol. The molecule has 7 N–H and O–H groups in total. The van der Waals surface area contributed by atoms with Gasteiger partial charge in [0, 0.05) is 26.4 Å². The summed E-state index contributed by atoms with van der Waals surface area (Å²) in [7, 11) is 1.14. The van der Waals surface area contributed by atoms with Gasteiger partial charge in [0.25, 0.3) is 5.56 Å². The van der Waals surface area contributed by atoms with Crippen LogP contribution in [0.15, 0.2) is 36.4 Å². The fraction of sp³-hybridized carbons (Fsp3) is 0.545. The van der Waals surface area contributed by atoms with Crippen LogP contribution in [-0.2, 0) is 68.7 Å². The maximum absolute atomic E-state index is 14.3. The lowest BCUT2D eigenvalue weighted by molar-refractivity contribution is -0.0486. The van der Waals surface area contributed by atoms with Crippen LogP contribution in [0.1, 0.15) is 44.9 Å². The standard InChI is InChI=1S/C33H45N15O16P4S4/c1-3-55-66(51,70)62-15-4-21(46-12-41-24-27(34)37-10-39-29(24)46)60-19(15)8-57-68(53,72)64-17-6-23(48-14-43-26-31(48)44-33(36)45-32(26)49)61-20(17)9-58-67(52,71)63-16-5-22(59-18(16)7-56-65(50,69)54-2)47-13-42-25-28(35)38-11-40-30(25)47/h10-23H,3-9H2,1-2H3,(H,50,69)(H,51,70)(H,52,71)(H,53,72)(H2,34,37,39)(H2,35,38,40)(H3,36,44,45,49)/t15?,16?,17?,18-,19-,20-,21-,22-,23-,65?,66?,67?,68?/m1/s1. The summed E-state index contributed by atoms with van der Waals surface area (Å²) >= 11 is 16.6. The highest BCUT2D eigenvalue weighted by Gasteiger charge is 2.47. The van der Waals surface area contributed by atoms with E-state index in [1.54, 1.807) is 16.1 Å². The summed E-state index contributed by atoms with van der Waals surface area (Å²) < 4.78 is 122. The molecule has 39 heteroatoms. The van der Waals surface area contributed by atoms with Crippen molar-refractivity contribution in [2.24, 2.45) is 0 Å². The van der Waals surface area contributed by atoms with Gasteiger partial charge in [-0.2, -0.15) is 4.98 Å². The number of nitrogens with two attached hydrogens (primary N) is 3. The van der Waals surface area contributed by atoms with Gasteiger partial charge in [0.15, 0.2) is 34.1 Å². The Hall–Kier alpha value is -3.27. The van der Waals surface area contributed by atoms with Gasteiger partial charge in [-0.3, -0.25) is 50.6 Å². The Kier molecular flexibility index (Phi) is 15.9. The first-order valence-corrected chi connectivity index (χ1v) is 31.9. The first-order valence-electron chi connectivity index (χ1n) is 21.2. The number of imidazole rings is 3. The zero-order valence-corrected chi connectivity index (χ0v) is 44.4. The smallest absolute Gasteiger partial charge is 0.382 e. The van der Waals surface area contributed by atoms with E-state index in [1.807, 2.05) is 0 Å². The highest BCUT2D eigenvalue weighted by molar-refractivity contribution is 8.45. The number of hydrogen-bond donors (Lipinski definition) is 8. The van der Waals surface area contributed by atoms with Crippen molar-refractivity contribution in [1.82, 2.24) is 58.6 Å². The fourth-order valence-corrected chi connectivity index (χ4v) is 13.4. The number of nitrogen functional groups attached to an aromatic ring is 3. The molecule has 3 aliphatic rings. The molecule has 9 rings (SSSR count). The maximum Gasteiger partial charge on any atom is 0.386 e. The molecule has 0 bridgehead atoms. The molecule has 6 aromatic heterocycles. The van der Waals surface area contributed by atoms with Crippen LogP contribution in [0.4, 0.5) is 17.6 Å². The van der Waals surface area contributed by atoms with E-state index in [0.29, 0.717) is 22.3 Å². The second kappa shape index (κ2) is 21.4. The average Bonchev–Trinajstić information content (AvgIpc) is 4.18. The van der Waals surface area contributed by atoms with Gasteiger partial charge < -0.3 is 40.5 Å². The largest absolute Gasteiger partial charge is 0.386 e. The number of nitrogens with one attached hydrogen (secondary N) is 1. The molecule has 72 heavy (non-hydrogen) atoms. The van der Waals surface area contributed by atoms with Gasteiger partial charge in [0.1, 0.15) is 79.0 Å². The summed E-state index contributed by atoms with van der Waals surface area (Å²) in [6, 6.07) is 0. The first-order chi connectivity index (χ1) is 34.1. The summed E-state index contributed by atoms with van der Waals surface area (Å²) in [5, 5.41) is 0. The van der Waals surface area contributed by atoms with Crippen LogP contribution < -0.4 is 22.8 Å². The van der Waals surface area contributed by atoms with Crippen molar-refractivity contribution >= 4 is 127 Å². The van der Waals surface area contributed by atoms with Crippen LogP contribution in [-0.4, -0.2) is 129 Å². The van der Waals surface area contributed by atoms with Crippen LogP contribution in [0.25, 0.3) is 33.5 Å². The van der Waals surface area contributed by atoms with E-state index in [0.717, 1.165) is 7.11 Å². The number of aromatic nitrogens is 12. The van der Waals surface area contributed by atoms with Gasteiger partial charge in [0.2, 0.25) is 5.95 Å². The van der Waals surface area contributed by atoms with Crippen LogP contribution >= 0.6 is 76.2 Å². The van der Waals surface area contributed by atoms with Crippen molar-refractivity contribution in [3.63, 3.8) is 0 Å². The topological polar surface area (TPSA) is 399 Å². The van der Waals surface area contributed by atoms with Crippen LogP contribution in [0.2, 0.25) is 0 Å². The predicted octanol–water partition coefficient (Wildman–Crippen LogP) is 4.45. The van der Waals surface area contributed by atoms with Gasteiger partial charge >= 0.3 is 27.2 Å².